The van der Waals surface area contributed by atoms with E-state index in [9.17, 15) is 8.78 Å². The third-order valence-electron chi connectivity index (χ3n) is 2.81. The van der Waals surface area contributed by atoms with Gasteiger partial charge in [-0.2, -0.15) is 0 Å². The second-order valence-electron chi connectivity index (χ2n) is 4.37. The van der Waals surface area contributed by atoms with E-state index in [-0.39, 0.29) is 6.61 Å². The summed E-state index contributed by atoms with van der Waals surface area (Å²) >= 11 is 0. The summed E-state index contributed by atoms with van der Waals surface area (Å²) in [6, 6.07) is 9.75. The number of aliphatic hydroxyl groups is 1. The van der Waals surface area contributed by atoms with E-state index in [1.165, 1.54) is 6.07 Å². The first-order valence-electron chi connectivity index (χ1n) is 5.73. The SMILES string of the molecule is Cc1cc(CO)cc(Cc2cccc(F)c2F)c1. The Morgan fingerprint density at radius 1 is 1.06 bits per heavy atom. The topological polar surface area (TPSA) is 20.2 Å². The van der Waals surface area contributed by atoms with Gasteiger partial charge in [-0.05, 0) is 29.7 Å². The number of rotatable bonds is 3. The minimum atomic E-state index is -0.831. The van der Waals surface area contributed by atoms with Crippen molar-refractivity contribution in [1.82, 2.24) is 0 Å². The maximum Gasteiger partial charge on any atom is 0.162 e. The highest BCUT2D eigenvalue weighted by Crippen LogP contribution is 2.18. The second-order valence-corrected chi connectivity index (χ2v) is 4.37. The van der Waals surface area contributed by atoms with Crippen molar-refractivity contribution in [3.63, 3.8) is 0 Å². The molecule has 0 aliphatic heterocycles. The highest BCUT2D eigenvalue weighted by atomic mass is 19.2. The van der Waals surface area contributed by atoms with Gasteiger partial charge in [0, 0.05) is 6.42 Å². The molecule has 2 rings (SSSR count). The van der Waals surface area contributed by atoms with Crippen molar-refractivity contribution in [2.45, 2.75) is 20.0 Å². The lowest BCUT2D eigenvalue weighted by molar-refractivity contribution is 0.281. The largest absolute Gasteiger partial charge is 0.392 e. The first-order chi connectivity index (χ1) is 8.60. The molecule has 0 atom stereocenters. The van der Waals surface area contributed by atoms with Gasteiger partial charge >= 0.3 is 0 Å². The molecular weight excluding hydrogens is 234 g/mol. The number of aliphatic hydroxyl groups excluding tert-OH is 1. The van der Waals surface area contributed by atoms with Crippen LogP contribution in [0.25, 0.3) is 0 Å². The van der Waals surface area contributed by atoms with E-state index in [0.717, 1.165) is 22.8 Å². The molecule has 0 fully saturated rings. The molecule has 3 heteroatoms. The van der Waals surface area contributed by atoms with Crippen LogP contribution in [-0.2, 0) is 13.0 Å². The highest BCUT2D eigenvalue weighted by Gasteiger charge is 2.08. The number of hydrogen-bond donors (Lipinski definition) is 1. The van der Waals surface area contributed by atoms with Gasteiger partial charge in [0.15, 0.2) is 11.6 Å². The monoisotopic (exact) mass is 248 g/mol. The zero-order valence-corrected chi connectivity index (χ0v) is 10.1. The smallest absolute Gasteiger partial charge is 0.162 e. The van der Waals surface area contributed by atoms with Crippen LogP contribution in [0.2, 0.25) is 0 Å². The lowest BCUT2D eigenvalue weighted by atomic mass is 10.00. The molecule has 0 aromatic heterocycles. The lowest BCUT2D eigenvalue weighted by Crippen LogP contribution is -1.97. The van der Waals surface area contributed by atoms with Crippen LogP contribution in [0.15, 0.2) is 36.4 Å². The Hall–Kier alpha value is -1.74. The molecule has 0 unspecified atom stereocenters. The first-order valence-corrected chi connectivity index (χ1v) is 5.73. The molecule has 0 heterocycles. The molecule has 0 bridgehead atoms. The number of aryl methyl sites for hydroxylation is 1. The molecule has 94 valence electrons. The van der Waals surface area contributed by atoms with E-state index >= 15 is 0 Å². The van der Waals surface area contributed by atoms with Gasteiger partial charge in [-0.15, -0.1) is 0 Å². The van der Waals surface area contributed by atoms with Crippen LogP contribution in [0, 0.1) is 18.6 Å². The van der Waals surface area contributed by atoms with Crippen molar-refractivity contribution in [2.24, 2.45) is 0 Å². The molecule has 0 saturated carbocycles. The molecule has 0 aliphatic rings. The number of halogens is 2. The van der Waals surface area contributed by atoms with Gasteiger partial charge in [0.1, 0.15) is 0 Å². The van der Waals surface area contributed by atoms with Crippen molar-refractivity contribution in [3.8, 4) is 0 Å². The van der Waals surface area contributed by atoms with Crippen molar-refractivity contribution in [2.75, 3.05) is 0 Å². The van der Waals surface area contributed by atoms with Gasteiger partial charge in [0.25, 0.3) is 0 Å². The van der Waals surface area contributed by atoms with E-state index < -0.39 is 11.6 Å². The van der Waals surface area contributed by atoms with Crippen molar-refractivity contribution in [1.29, 1.82) is 0 Å². The van der Waals surface area contributed by atoms with E-state index in [4.69, 9.17) is 5.11 Å². The van der Waals surface area contributed by atoms with Gasteiger partial charge < -0.3 is 5.11 Å². The summed E-state index contributed by atoms with van der Waals surface area (Å²) in [5, 5.41) is 9.12. The Labute approximate surface area is 105 Å². The van der Waals surface area contributed by atoms with Crippen LogP contribution < -0.4 is 0 Å². The summed E-state index contributed by atoms with van der Waals surface area (Å²) in [6.45, 7) is 1.85. The van der Waals surface area contributed by atoms with Crippen molar-refractivity contribution < 1.29 is 13.9 Å². The van der Waals surface area contributed by atoms with Crippen LogP contribution in [0.1, 0.15) is 22.3 Å². The van der Waals surface area contributed by atoms with Gasteiger partial charge in [0.05, 0.1) is 6.61 Å². The third kappa shape index (κ3) is 2.74. The van der Waals surface area contributed by atoms with Crippen LogP contribution in [0.5, 0.6) is 0 Å². The fourth-order valence-electron chi connectivity index (χ4n) is 2.05. The average Bonchev–Trinajstić information content (AvgIpc) is 2.34. The normalized spacial score (nSPS) is 10.7. The summed E-state index contributed by atoms with van der Waals surface area (Å²) in [7, 11) is 0. The molecule has 2 aromatic carbocycles. The van der Waals surface area contributed by atoms with Gasteiger partial charge in [-0.1, -0.05) is 35.9 Å². The minimum Gasteiger partial charge on any atom is -0.392 e. The van der Waals surface area contributed by atoms with Crippen LogP contribution >= 0.6 is 0 Å². The fourth-order valence-corrected chi connectivity index (χ4v) is 2.05. The Morgan fingerprint density at radius 3 is 2.50 bits per heavy atom. The van der Waals surface area contributed by atoms with Gasteiger partial charge in [-0.25, -0.2) is 8.78 Å². The first kappa shape index (κ1) is 12.7. The molecule has 2 aromatic rings. The molecule has 0 aliphatic carbocycles. The van der Waals surface area contributed by atoms with E-state index in [2.05, 4.69) is 0 Å². The zero-order chi connectivity index (χ0) is 13.1. The van der Waals surface area contributed by atoms with Crippen molar-refractivity contribution >= 4 is 0 Å². The maximum absolute atomic E-state index is 13.5. The Balaban J connectivity index is 2.34. The van der Waals surface area contributed by atoms with Gasteiger partial charge in [-0.3, -0.25) is 0 Å². The summed E-state index contributed by atoms with van der Waals surface area (Å²) < 4.78 is 26.6. The summed E-state index contributed by atoms with van der Waals surface area (Å²) in [4.78, 5) is 0. The van der Waals surface area contributed by atoms with E-state index in [1.807, 2.05) is 19.1 Å². The third-order valence-corrected chi connectivity index (χ3v) is 2.81. The number of hydrogen-bond acceptors (Lipinski definition) is 1. The molecule has 0 amide bonds. The molecular formula is C15H14F2O. The molecule has 0 spiro atoms. The predicted octanol–water partition coefficient (Wildman–Crippen LogP) is 3.36. The summed E-state index contributed by atoms with van der Waals surface area (Å²) in [5.41, 5.74) is 2.96. The molecule has 18 heavy (non-hydrogen) atoms. The molecule has 0 radical (unpaired) electrons. The quantitative estimate of drug-likeness (QED) is 0.883. The Morgan fingerprint density at radius 2 is 1.78 bits per heavy atom. The standard InChI is InChI=1S/C15H14F2O/c1-10-5-11(7-12(6-10)9-18)8-13-3-2-4-14(16)15(13)17/h2-7,18H,8-9H2,1H3. The Bertz CT molecular complexity index is 564. The highest BCUT2D eigenvalue weighted by molar-refractivity contribution is 5.33. The minimum absolute atomic E-state index is 0.0552. The summed E-state index contributed by atoms with van der Waals surface area (Å²) in [6.07, 6.45) is 0.318. The van der Waals surface area contributed by atoms with Crippen LogP contribution in [0.3, 0.4) is 0 Å². The second kappa shape index (κ2) is 5.27. The van der Waals surface area contributed by atoms with E-state index in [1.54, 1.807) is 12.1 Å². The Kier molecular flexibility index (Phi) is 3.72. The lowest BCUT2D eigenvalue weighted by Gasteiger charge is -2.07. The number of benzene rings is 2. The zero-order valence-electron chi connectivity index (χ0n) is 10.1. The predicted molar refractivity (Wildman–Crippen MR) is 66.3 cm³/mol. The molecule has 0 saturated heterocycles. The van der Waals surface area contributed by atoms with Crippen LogP contribution in [0.4, 0.5) is 8.78 Å². The molecule has 1 nitrogen and oxygen atoms in total. The summed E-state index contributed by atoms with van der Waals surface area (Å²) in [5.74, 6) is -1.63. The molecule has 1 N–H and O–H groups in total. The van der Waals surface area contributed by atoms with Gasteiger partial charge in [0.2, 0.25) is 0 Å². The van der Waals surface area contributed by atoms with Crippen molar-refractivity contribution in [3.05, 3.63) is 70.3 Å². The van der Waals surface area contributed by atoms with E-state index in [0.29, 0.717) is 12.0 Å². The average molecular weight is 248 g/mol. The fraction of sp³-hybridized carbons (Fsp3) is 0.200. The maximum atomic E-state index is 13.5. The van der Waals surface area contributed by atoms with Crippen LogP contribution in [-0.4, -0.2) is 5.11 Å².